The molecule has 1 N–H and O–H groups in total. The summed E-state index contributed by atoms with van der Waals surface area (Å²) in [6.45, 7) is 6.88. The minimum atomic E-state index is -1.11. The van der Waals surface area contributed by atoms with Gasteiger partial charge in [0, 0.05) is 37.4 Å². The van der Waals surface area contributed by atoms with E-state index in [4.69, 9.17) is 9.72 Å². The third-order valence-corrected chi connectivity index (χ3v) is 7.62. The van der Waals surface area contributed by atoms with Gasteiger partial charge in [-0.3, -0.25) is 4.98 Å². The molecule has 1 atom stereocenters. The molecule has 1 fully saturated rings. The molecule has 3 aromatic heterocycles. The molecule has 6 heteroatoms. The van der Waals surface area contributed by atoms with Crippen LogP contribution in [0.3, 0.4) is 0 Å². The van der Waals surface area contributed by atoms with Gasteiger partial charge in [-0.1, -0.05) is 42.5 Å². The molecular formula is C31H34N4O2. The van der Waals surface area contributed by atoms with E-state index in [1.807, 2.05) is 67.5 Å². The molecule has 5 aromatic rings. The standard InChI is InChI=1S/C31H34N4O2/c1-20-29(34(4)19-33-20)23-16-27-28(32-18-23)25-11-10-24(31(2,3)36)17-26(25)35(27)30(21-8-6-5-7-9-21)22-12-14-37-15-13-22/h5-11,16-19,22,30,36H,12-15H2,1-4H3/t30-/m0/s1/i30D. The summed E-state index contributed by atoms with van der Waals surface area (Å²) in [6, 6.07) is 17.2. The van der Waals surface area contributed by atoms with Crippen molar-refractivity contribution in [2.24, 2.45) is 13.0 Å². The molecule has 37 heavy (non-hydrogen) atoms. The van der Waals surface area contributed by atoms with Gasteiger partial charge >= 0.3 is 0 Å². The zero-order valence-corrected chi connectivity index (χ0v) is 21.9. The number of fused-ring (bicyclic) bond motifs is 3. The summed E-state index contributed by atoms with van der Waals surface area (Å²) in [7, 11) is 1.99. The van der Waals surface area contributed by atoms with Crippen molar-refractivity contribution in [3.63, 3.8) is 0 Å². The van der Waals surface area contributed by atoms with E-state index in [2.05, 4.69) is 27.8 Å². The monoisotopic (exact) mass is 495 g/mol. The molecule has 6 nitrogen and oxygen atoms in total. The van der Waals surface area contributed by atoms with E-state index in [0.717, 1.165) is 62.9 Å². The van der Waals surface area contributed by atoms with Crippen molar-refractivity contribution in [2.45, 2.75) is 45.2 Å². The maximum absolute atomic E-state index is 10.9. The average Bonchev–Trinajstić information content (AvgIpc) is 3.44. The molecule has 4 heterocycles. The Kier molecular flexibility index (Phi) is 5.59. The number of ether oxygens (including phenoxy) is 1. The molecule has 0 radical (unpaired) electrons. The minimum absolute atomic E-state index is 0.0327. The van der Waals surface area contributed by atoms with E-state index in [1.54, 1.807) is 13.8 Å². The van der Waals surface area contributed by atoms with E-state index in [-0.39, 0.29) is 5.92 Å². The lowest BCUT2D eigenvalue weighted by molar-refractivity contribution is 0.0552. The van der Waals surface area contributed by atoms with Crippen molar-refractivity contribution in [1.82, 2.24) is 19.1 Å². The van der Waals surface area contributed by atoms with E-state index in [0.29, 0.717) is 13.2 Å². The number of aromatic nitrogens is 4. The molecule has 190 valence electrons. The Morgan fingerprint density at radius 3 is 2.49 bits per heavy atom. The second-order valence-corrected chi connectivity index (χ2v) is 10.6. The van der Waals surface area contributed by atoms with Crippen LogP contribution in [0.4, 0.5) is 0 Å². The zero-order valence-electron chi connectivity index (χ0n) is 22.9. The van der Waals surface area contributed by atoms with Crippen LogP contribution in [0.2, 0.25) is 0 Å². The number of nitrogens with zero attached hydrogens (tertiary/aromatic N) is 4. The van der Waals surface area contributed by atoms with Crippen molar-refractivity contribution in [2.75, 3.05) is 13.2 Å². The first kappa shape index (κ1) is 22.7. The molecule has 0 aliphatic carbocycles. The third kappa shape index (κ3) is 4.14. The van der Waals surface area contributed by atoms with E-state index in [1.165, 1.54) is 0 Å². The lowest BCUT2D eigenvalue weighted by Gasteiger charge is -2.33. The zero-order chi connectivity index (χ0) is 26.7. The van der Waals surface area contributed by atoms with Crippen LogP contribution in [0.15, 0.2) is 67.1 Å². The highest BCUT2D eigenvalue weighted by Crippen LogP contribution is 2.42. The van der Waals surface area contributed by atoms with Crippen LogP contribution >= 0.6 is 0 Å². The van der Waals surface area contributed by atoms with Gasteiger partial charge in [0.05, 0.1) is 47.3 Å². The Labute approximate surface area is 219 Å². The molecule has 0 saturated carbocycles. The molecule has 1 aliphatic rings. The van der Waals surface area contributed by atoms with Crippen molar-refractivity contribution in [1.29, 1.82) is 0 Å². The second kappa shape index (κ2) is 9.12. The molecule has 2 aromatic carbocycles. The fourth-order valence-corrected chi connectivity index (χ4v) is 5.73. The van der Waals surface area contributed by atoms with Gasteiger partial charge in [-0.05, 0) is 62.8 Å². The predicted molar refractivity (Wildman–Crippen MR) is 148 cm³/mol. The Hall–Kier alpha value is -3.48. The van der Waals surface area contributed by atoms with Crippen LogP contribution in [0.1, 0.15) is 50.9 Å². The highest BCUT2D eigenvalue weighted by molar-refractivity contribution is 6.07. The van der Waals surface area contributed by atoms with Gasteiger partial charge in [0.15, 0.2) is 0 Å². The summed E-state index contributed by atoms with van der Waals surface area (Å²) in [5, 5.41) is 11.9. The van der Waals surface area contributed by atoms with Crippen molar-refractivity contribution < 1.29 is 11.2 Å². The SMILES string of the molecule is [2H][C@](c1ccccc1)(C1CCOCC1)n1c2cc(C(C)(C)O)ccc2c2ncc(-c3c(C)ncn3C)cc21. The fourth-order valence-electron chi connectivity index (χ4n) is 5.73. The van der Waals surface area contributed by atoms with E-state index in [9.17, 15) is 6.48 Å². The summed E-state index contributed by atoms with van der Waals surface area (Å²) in [6.07, 6.45) is 5.31. The number of imidazole rings is 1. The summed E-state index contributed by atoms with van der Waals surface area (Å²) >= 11 is 0. The topological polar surface area (TPSA) is 65.1 Å². The van der Waals surface area contributed by atoms with Gasteiger partial charge in [0.25, 0.3) is 0 Å². The molecule has 0 amide bonds. The molecule has 0 bridgehead atoms. The smallest absolute Gasteiger partial charge is 0.0960 e. The molecular weight excluding hydrogens is 460 g/mol. The van der Waals surface area contributed by atoms with Crippen molar-refractivity contribution >= 4 is 21.9 Å². The third-order valence-electron chi connectivity index (χ3n) is 7.62. The number of aliphatic hydroxyl groups is 1. The number of rotatable bonds is 5. The number of aryl methyl sites for hydroxylation is 2. The van der Waals surface area contributed by atoms with Crippen LogP contribution < -0.4 is 0 Å². The molecule has 0 unspecified atom stereocenters. The largest absolute Gasteiger partial charge is 0.386 e. The lowest BCUT2D eigenvalue weighted by atomic mass is 9.86. The first-order valence-electron chi connectivity index (χ1n) is 13.5. The summed E-state index contributed by atoms with van der Waals surface area (Å²) in [5.74, 6) is 0.0327. The quantitative estimate of drug-likeness (QED) is 0.318. The number of hydrogen-bond donors (Lipinski definition) is 1. The highest BCUT2D eigenvalue weighted by Gasteiger charge is 2.31. The predicted octanol–water partition coefficient (Wildman–Crippen LogP) is 6.14. The fraction of sp³-hybridized carbons (Fsp3) is 0.355. The number of pyridine rings is 1. The number of benzene rings is 2. The first-order chi connectivity index (χ1) is 18.2. The lowest BCUT2D eigenvalue weighted by Crippen LogP contribution is -2.27. The van der Waals surface area contributed by atoms with Gasteiger partial charge in [0.2, 0.25) is 0 Å². The molecule has 6 rings (SSSR count). The average molecular weight is 496 g/mol. The molecule has 1 aliphatic heterocycles. The van der Waals surface area contributed by atoms with Gasteiger partial charge in [0.1, 0.15) is 0 Å². The Morgan fingerprint density at radius 2 is 1.81 bits per heavy atom. The van der Waals surface area contributed by atoms with Gasteiger partial charge < -0.3 is 19.0 Å². The van der Waals surface area contributed by atoms with Gasteiger partial charge in [-0.25, -0.2) is 4.98 Å². The maximum atomic E-state index is 10.9. The summed E-state index contributed by atoms with van der Waals surface area (Å²) in [5.41, 5.74) is 6.28. The van der Waals surface area contributed by atoms with E-state index < -0.39 is 11.6 Å². The van der Waals surface area contributed by atoms with Crippen LogP contribution in [-0.4, -0.2) is 37.4 Å². The highest BCUT2D eigenvalue weighted by atomic mass is 16.5. The Morgan fingerprint density at radius 1 is 1.05 bits per heavy atom. The Bertz CT molecular complexity index is 1610. The normalized spacial score (nSPS) is 17.3. The van der Waals surface area contributed by atoms with Crippen LogP contribution in [0.5, 0.6) is 0 Å². The molecule has 0 spiro atoms. The minimum Gasteiger partial charge on any atom is -0.386 e. The summed E-state index contributed by atoms with van der Waals surface area (Å²) in [4.78, 5) is 9.48. The second-order valence-electron chi connectivity index (χ2n) is 10.6. The first-order valence-corrected chi connectivity index (χ1v) is 13.0. The van der Waals surface area contributed by atoms with Gasteiger partial charge in [-0.15, -0.1) is 0 Å². The summed E-state index contributed by atoms with van der Waals surface area (Å²) < 4.78 is 20.2. The van der Waals surface area contributed by atoms with Crippen LogP contribution in [-0.2, 0) is 17.4 Å². The van der Waals surface area contributed by atoms with Crippen LogP contribution in [0.25, 0.3) is 33.2 Å². The van der Waals surface area contributed by atoms with Gasteiger partial charge in [-0.2, -0.15) is 0 Å². The maximum Gasteiger partial charge on any atom is 0.0960 e. The van der Waals surface area contributed by atoms with Crippen LogP contribution in [0, 0.1) is 12.8 Å². The number of hydrogen-bond acceptors (Lipinski definition) is 4. The van der Waals surface area contributed by atoms with Crippen molar-refractivity contribution in [3.05, 3.63) is 83.9 Å². The van der Waals surface area contributed by atoms with Crippen molar-refractivity contribution in [3.8, 4) is 11.3 Å². The molecule has 1 saturated heterocycles. The Balaban J connectivity index is 1.74. The van der Waals surface area contributed by atoms with E-state index >= 15 is 0 Å².